The number of rotatable bonds is 7. The van der Waals surface area contributed by atoms with Crippen molar-refractivity contribution in [3.63, 3.8) is 0 Å². The van der Waals surface area contributed by atoms with Crippen LogP contribution in [0.15, 0.2) is 18.2 Å². The number of aliphatic hydroxyl groups is 1. The smallest absolute Gasteiger partial charge is 0.161 e. The molecule has 3 nitrogen and oxygen atoms in total. The highest BCUT2D eigenvalue weighted by Crippen LogP contribution is 2.53. The molecular weight excluding hydrogens is 264 g/mol. The van der Waals surface area contributed by atoms with Crippen LogP contribution < -0.4 is 9.47 Å². The van der Waals surface area contributed by atoms with Crippen LogP contribution in [0.4, 0.5) is 0 Å². The van der Waals surface area contributed by atoms with Crippen molar-refractivity contribution < 1.29 is 14.6 Å². The molecule has 0 heterocycles. The second kappa shape index (κ2) is 6.69. The zero-order chi connectivity index (χ0) is 15.5. The predicted molar refractivity (Wildman–Crippen MR) is 85.2 cm³/mol. The molecule has 118 valence electrons. The third-order valence-electron chi connectivity index (χ3n) is 4.51. The van der Waals surface area contributed by atoms with Crippen LogP contribution in [0.2, 0.25) is 0 Å². The average molecular weight is 292 g/mol. The summed E-state index contributed by atoms with van der Waals surface area (Å²) in [5.41, 5.74) is 1.17. The van der Waals surface area contributed by atoms with E-state index in [0.717, 1.165) is 30.8 Å². The molecule has 1 aromatic carbocycles. The van der Waals surface area contributed by atoms with Crippen molar-refractivity contribution in [2.45, 2.75) is 59.0 Å². The summed E-state index contributed by atoms with van der Waals surface area (Å²) < 4.78 is 11.6. The van der Waals surface area contributed by atoms with E-state index in [1.165, 1.54) is 5.56 Å². The maximum absolute atomic E-state index is 9.93. The van der Waals surface area contributed by atoms with Gasteiger partial charge in [-0.1, -0.05) is 33.8 Å². The average Bonchev–Trinajstić information content (AvgIpc) is 2.48. The molecule has 2 unspecified atom stereocenters. The summed E-state index contributed by atoms with van der Waals surface area (Å²) in [5, 5.41) is 9.93. The highest BCUT2D eigenvalue weighted by Gasteiger charge is 2.47. The molecule has 0 spiro atoms. The summed E-state index contributed by atoms with van der Waals surface area (Å²) in [7, 11) is 0. The molecule has 1 aliphatic rings. The molecule has 0 amide bonds. The van der Waals surface area contributed by atoms with E-state index in [1.54, 1.807) is 0 Å². The standard InChI is InChI=1S/C18H28O3/c1-5-9-20-15-8-7-13(11-16(15)21-10-6-2)14-12-17(19)18(14,3)4/h7-8,11,14,17,19H,5-6,9-10,12H2,1-4H3. The van der Waals surface area contributed by atoms with Crippen LogP contribution in [0, 0.1) is 5.41 Å². The Labute approximate surface area is 128 Å². The molecule has 1 fully saturated rings. The number of hydrogen-bond donors (Lipinski definition) is 1. The molecule has 2 rings (SSSR count). The van der Waals surface area contributed by atoms with Crippen molar-refractivity contribution in [1.82, 2.24) is 0 Å². The molecule has 1 aromatic rings. The summed E-state index contributed by atoms with van der Waals surface area (Å²) in [4.78, 5) is 0. The van der Waals surface area contributed by atoms with Crippen LogP contribution in [0.5, 0.6) is 11.5 Å². The van der Waals surface area contributed by atoms with Crippen molar-refractivity contribution >= 4 is 0 Å². The minimum Gasteiger partial charge on any atom is -0.490 e. The summed E-state index contributed by atoms with van der Waals surface area (Å²) >= 11 is 0. The van der Waals surface area contributed by atoms with Crippen molar-refractivity contribution in [3.05, 3.63) is 23.8 Å². The Morgan fingerprint density at radius 1 is 1.10 bits per heavy atom. The minimum absolute atomic E-state index is 0.0617. The van der Waals surface area contributed by atoms with Gasteiger partial charge in [-0.2, -0.15) is 0 Å². The Morgan fingerprint density at radius 2 is 1.71 bits per heavy atom. The Bertz CT molecular complexity index is 468. The van der Waals surface area contributed by atoms with E-state index in [0.29, 0.717) is 19.1 Å². The highest BCUT2D eigenvalue weighted by atomic mass is 16.5. The number of benzene rings is 1. The molecule has 1 saturated carbocycles. The monoisotopic (exact) mass is 292 g/mol. The molecular formula is C18H28O3. The third kappa shape index (κ3) is 3.34. The maximum atomic E-state index is 9.93. The number of hydrogen-bond acceptors (Lipinski definition) is 3. The SMILES string of the molecule is CCCOc1ccc(C2CC(O)C2(C)C)cc1OCCC. The molecule has 0 aromatic heterocycles. The van der Waals surface area contributed by atoms with E-state index in [1.807, 2.05) is 6.07 Å². The van der Waals surface area contributed by atoms with Gasteiger partial charge in [0, 0.05) is 0 Å². The molecule has 0 saturated heterocycles. The van der Waals surface area contributed by atoms with E-state index in [2.05, 4.69) is 39.8 Å². The lowest BCUT2D eigenvalue weighted by Gasteiger charge is -2.49. The summed E-state index contributed by atoms with van der Waals surface area (Å²) in [5.74, 6) is 2.04. The van der Waals surface area contributed by atoms with Crippen molar-refractivity contribution in [2.24, 2.45) is 5.41 Å². The van der Waals surface area contributed by atoms with Gasteiger partial charge >= 0.3 is 0 Å². The quantitative estimate of drug-likeness (QED) is 0.821. The van der Waals surface area contributed by atoms with E-state index in [4.69, 9.17) is 9.47 Å². The lowest BCUT2D eigenvalue weighted by Crippen LogP contribution is -2.47. The van der Waals surface area contributed by atoms with Crippen molar-refractivity contribution in [3.8, 4) is 11.5 Å². The normalized spacial score (nSPS) is 23.5. The Kier molecular flexibility index (Phi) is 5.15. The van der Waals surface area contributed by atoms with Crippen LogP contribution in [0.1, 0.15) is 58.4 Å². The third-order valence-corrected chi connectivity index (χ3v) is 4.51. The molecule has 0 radical (unpaired) electrons. The lowest BCUT2D eigenvalue weighted by molar-refractivity contribution is -0.0626. The molecule has 21 heavy (non-hydrogen) atoms. The van der Waals surface area contributed by atoms with Gasteiger partial charge in [-0.05, 0) is 48.3 Å². The molecule has 1 N–H and O–H groups in total. The first-order valence-corrected chi connectivity index (χ1v) is 8.08. The highest BCUT2D eigenvalue weighted by molar-refractivity contribution is 5.45. The molecule has 0 aliphatic heterocycles. The van der Waals surface area contributed by atoms with E-state index < -0.39 is 0 Å². The Morgan fingerprint density at radius 3 is 2.24 bits per heavy atom. The molecule has 2 atom stereocenters. The second-order valence-corrected chi connectivity index (χ2v) is 6.53. The Hall–Kier alpha value is -1.22. The van der Waals surface area contributed by atoms with Gasteiger partial charge in [-0.3, -0.25) is 0 Å². The van der Waals surface area contributed by atoms with Gasteiger partial charge < -0.3 is 14.6 Å². The first-order chi connectivity index (χ1) is 10.0. The molecule has 0 bridgehead atoms. The molecule has 1 aliphatic carbocycles. The van der Waals surface area contributed by atoms with Gasteiger partial charge in [-0.25, -0.2) is 0 Å². The van der Waals surface area contributed by atoms with Gasteiger partial charge in [-0.15, -0.1) is 0 Å². The van der Waals surface area contributed by atoms with E-state index in [-0.39, 0.29) is 11.5 Å². The van der Waals surface area contributed by atoms with Crippen LogP contribution in [0.25, 0.3) is 0 Å². The summed E-state index contributed by atoms with van der Waals surface area (Å²) in [6.45, 7) is 9.85. The van der Waals surface area contributed by atoms with Crippen molar-refractivity contribution in [1.29, 1.82) is 0 Å². The van der Waals surface area contributed by atoms with Crippen LogP contribution in [-0.2, 0) is 0 Å². The predicted octanol–water partition coefficient (Wildman–Crippen LogP) is 4.14. The number of aliphatic hydroxyl groups excluding tert-OH is 1. The van der Waals surface area contributed by atoms with Crippen LogP contribution in [-0.4, -0.2) is 24.4 Å². The first kappa shape index (κ1) is 16.2. The fraction of sp³-hybridized carbons (Fsp3) is 0.667. The zero-order valence-electron chi connectivity index (χ0n) is 13.7. The fourth-order valence-electron chi connectivity index (χ4n) is 2.87. The first-order valence-electron chi connectivity index (χ1n) is 8.08. The summed E-state index contributed by atoms with van der Waals surface area (Å²) in [6, 6.07) is 6.22. The van der Waals surface area contributed by atoms with Gasteiger partial charge in [0.05, 0.1) is 19.3 Å². The second-order valence-electron chi connectivity index (χ2n) is 6.53. The lowest BCUT2D eigenvalue weighted by atomic mass is 9.58. The van der Waals surface area contributed by atoms with Crippen LogP contribution in [0.3, 0.4) is 0 Å². The fourth-order valence-corrected chi connectivity index (χ4v) is 2.87. The number of ether oxygens (including phenoxy) is 2. The Balaban J connectivity index is 2.20. The largest absolute Gasteiger partial charge is 0.490 e. The van der Waals surface area contributed by atoms with Gasteiger partial charge in [0.25, 0.3) is 0 Å². The molecule has 3 heteroatoms. The van der Waals surface area contributed by atoms with Crippen molar-refractivity contribution in [2.75, 3.05) is 13.2 Å². The van der Waals surface area contributed by atoms with Gasteiger partial charge in [0.15, 0.2) is 11.5 Å². The minimum atomic E-state index is -0.210. The van der Waals surface area contributed by atoms with Gasteiger partial charge in [0.2, 0.25) is 0 Å². The zero-order valence-corrected chi connectivity index (χ0v) is 13.7. The topological polar surface area (TPSA) is 38.7 Å². The summed E-state index contributed by atoms with van der Waals surface area (Å²) in [6.07, 6.45) is 2.58. The van der Waals surface area contributed by atoms with Crippen LogP contribution >= 0.6 is 0 Å². The van der Waals surface area contributed by atoms with Gasteiger partial charge in [0.1, 0.15) is 0 Å². The van der Waals surface area contributed by atoms with E-state index in [9.17, 15) is 5.11 Å². The van der Waals surface area contributed by atoms with E-state index >= 15 is 0 Å². The maximum Gasteiger partial charge on any atom is 0.161 e.